The van der Waals surface area contributed by atoms with Crippen LogP contribution in [0.2, 0.25) is 10.0 Å². The Hall–Kier alpha value is -0.900. The number of hydrogen-bond acceptors (Lipinski definition) is 2. The first-order chi connectivity index (χ1) is 8.49. The highest BCUT2D eigenvalue weighted by atomic mass is 79.9. The third kappa shape index (κ3) is 2.74. The number of anilines is 3. The SMILES string of the molecule is Cc1cc(Br)c(Nc2cccc(Cl)c2N)cc1Cl. The fourth-order valence-electron chi connectivity index (χ4n) is 1.53. The van der Waals surface area contributed by atoms with Crippen molar-refractivity contribution in [1.29, 1.82) is 0 Å². The predicted octanol–water partition coefficient (Wildman–Crippen LogP) is 5.39. The van der Waals surface area contributed by atoms with Gasteiger partial charge in [-0.25, -0.2) is 0 Å². The van der Waals surface area contributed by atoms with Gasteiger partial charge >= 0.3 is 0 Å². The first-order valence-corrected chi connectivity index (χ1v) is 6.80. The van der Waals surface area contributed by atoms with Gasteiger partial charge in [-0.1, -0.05) is 29.3 Å². The van der Waals surface area contributed by atoms with Crippen molar-refractivity contribution in [3.63, 3.8) is 0 Å². The molecule has 0 radical (unpaired) electrons. The summed E-state index contributed by atoms with van der Waals surface area (Å²) in [5.41, 5.74) is 9.03. The summed E-state index contributed by atoms with van der Waals surface area (Å²) >= 11 is 15.6. The van der Waals surface area contributed by atoms with E-state index < -0.39 is 0 Å². The summed E-state index contributed by atoms with van der Waals surface area (Å²) < 4.78 is 0.920. The van der Waals surface area contributed by atoms with Gasteiger partial charge in [-0.2, -0.15) is 0 Å². The lowest BCUT2D eigenvalue weighted by molar-refractivity contribution is 1.43. The van der Waals surface area contributed by atoms with Gasteiger partial charge in [0.1, 0.15) is 0 Å². The van der Waals surface area contributed by atoms with Crippen LogP contribution in [0.3, 0.4) is 0 Å². The lowest BCUT2D eigenvalue weighted by Gasteiger charge is -2.13. The number of halogens is 3. The van der Waals surface area contributed by atoms with Crippen LogP contribution in [0.1, 0.15) is 5.56 Å². The maximum Gasteiger partial charge on any atom is 0.0742 e. The van der Waals surface area contributed by atoms with Gasteiger partial charge in [-0.3, -0.25) is 0 Å². The molecule has 0 bridgehead atoms. The normalized spacial score (nSPS) is 10.4. The minimum absolute atomic E-state index is 0.516. The molecule has 0 fully saturated rings. The van der Waals surface area contributed by atoms with E-state index in [1.807, 2.05) is 31.2 Å². The van der Waals surface area contributed by atoms with Crippen LogP contribution in [-0.2, 0) is 0 Å². The van der Waals surface area contributed by atoms with Crippen molar-refractivity contribution < 1.29 is 0 Å². The molecule has 0 heterocycles. The molecule has 0 aliphatic heterocycles. The summed E-state index contributed by atoms with van der Waals surface area (Å²) in [7, 11) is 0. The zero-order valence-corrected chi connectivity index (χ0v) is 12.7. The molecule has 2 rings (SSSR count). The number of hydrogen-bond donors (Lipinski definition) is 2. The fraction of sp³-hybridized carbons (Fsp3) is 0.0769. The fourth-order valence-corrected chi connectivity index (χ4v) is 2.43. The third-order valence-corrected chi connectivity index (χ3v) is 3.96. The van der Waals surface area contributed by atoms with Gasteiger partial charge < -0.3 is 11.1 Å². The lowest BCUT2D eigenvalue weighted by atomic mass is 10.2. The maximum absolute atomic E-state index is 6.10. The second-order valence-electron chi connectivity index (χ2n) is 3.91. The first kappa shape index (κ1) is 13.5. The van der Waals surface area contributed by atoms with Crippen molar-refractivity contribution in [2.45, 2.75) is 6.92 Å². The Labute approximate surface area is 124 Å². The molecule has 0 amide bonds. The number of nitrogens with one attached hydrogen (secondary N) is 1. The average molecular weight is 346 g/mol. The molecule has 0 saturated carbocycles. The van der Waals surface area contributed by atoms with Crippen LogP contribution in [0.5, 0.6) is 0 Å². The molecule has 2 aromatic rings. The third-order valence-electron chi connectivity index (χ3n) is 2.57. The Morgan fingerprint density at radius 2 is 1.83 bits per heavy atom. The Kier molecular flexibility index (Phi) is 4.05. The molecule has 0 aromatic heterocycles. The van der Waals surface area contributed by atoms with Crippen LogP contribution >= 0.6 is 39.1 Å². The van der Waals surface area contributed by atoms with E-state index in [1.165, 1.54) is 0 Å². The van der Waals surface area contributed by atoms with E-state index >= 15 is 0 Å². The van der Waals surface area contributed by atoms with Crippen molar-refractivity contribution in [3.05, 3.63) is 50.4 Å². The number of aryl methyl sites for hydroxylation is 1. The summed E-state index contributed by atoms with van der Waals surface area (Å²) in [6.07, 6.45) is 0. The molecule has 0 saturated heterocycles. The maximum atomic E-state index is 6.10. The molecule has 0 unspecified atom stereocenters. The number of para-hydroxylation sites is 1. The quantitative estimate of drug-likeness (QED) is 0.716. The molecule has 18 heavy (non-hydrogen) atoms. The predicted molar refractivity (Wildman–Crippen MR) is 83.0 cm³/mol. The van der Waals surface area contributed by atoms with Crippen molar-refractivity contribution in [2.24, 2.45) is 0 Å². The van der Waals surface area contributed by atoms with Crippen LogP contribution in [0.4, 0.5) is 17.1 Å². The van der Waals surface area contributed by atoms with E-state index in [0.717, 1.165) is 21.4 Å². The molecule has 3 N–H and O–H groups in total. The van der Waals surface area contributed by atoms with E-state index in [9.17, 15) is 0 Å². The lowest BCUT2D eigenvalue weighted by Crippen LogP contribution is -1.98. The van der Waals surface area contributed by atoms with E-state index in [2.05, 4.69) is 21.2 Å². The summed E-state index contributed by atoms with van der Waals surface area (Å²) in [6, 6.07) is 9.25. The molecular weight excluding hydrogens is 335 g/mol. The highest BCUT2D eigenvalue weighted by Gasteiger charge is 2.07. The molecule has 2 aromatic carbocycles. The number of nitrogens with two attached hydrogens (primary N) is 1. The Morgan fingerprint density at radius 3 is 2.56 bits per heavy atom. The summed E-state index contributed by atoms with van der Waals surface area (Å²) in [5.74, 6) is 0. The zero-order chi connectivity index (χ0) is 13.3. The van der Waals surface area contributed by atoms with Crippen LogP contribution < -0.4 is 11.1 Å². The minimum Gasteiger partial charge on any atom is -0.396 e. The molecule has 2 nitrogen and oxygen atoms in total. The van der Waals surface area contributed by atoms with Gasteiger partial charge in [0.15, 0.2) is 0 Å². The van der Waals surface area contributed by atoms with Gasteiger partial charge in [-0.05, 0) is 52.7 Å². The monoisotopic (exact) mass is 344 g/mol. The van der Waals surface area contributed by atoms with Gasteiger partial charge in [-0.15, -0.1) is 0 Å². The zero-order valence-electron chi connectivity index (χ0n) is 9.60. The minimum atomic E-state index is 0.516. The second kappa shape index (κ2) is 5.39. The molecule has 0 aliphatic rings. The highest BCUT2D eigenvalue weighted by molar-refractivity contribution is 9.10. The molecule has 0 spiro atoms. The van der Waals surface area contributed by atoms with Crippen molar-refractivity contribution in [3.8, 4) is 0 Å². The summed E-state index contributed by atoms with van der Waals surface area (Å²) in [4.78, 5) is 0. The van der Waals surface area contributed by atoms with Gasteiger partial charge in [0.05, 0.1) is 22.1 Å². The van der Waals surface area contributed by atoms with Crippen molar-refractivity contribution in [2.75, 3.05) is 11.1 Å². The summed E-state index contributed by atoms with van der Waals surface area (Å²) in [6.45, 7) is 1.95. The van der Waals surface area contributed by atoms with Crippen LogP contribution in [0, 0.1) is 6.92 Å². The largest absolute Gasteiger partial charge is 0.396 e. The molecule has 5 heteroatoms. The van der Waals surface area contributed by atoms with Crippen LogP contribution in [0.15, 0.2) is 34.8 Å². The summed E-state index contributed by atoms with van der Waals surface area (Å²) in [5, 5.41) is 4.43. The van der Waals surface area contributed by atoms with Crippen molar-refractivity contribution in [1.82, 2.24) is 0 Å². The first-order valence-electron chi connectivity index (χ1n) is 5.25. The number of benzene rings is 2. The van der Waals surface area contributed by atoms with Crippen LogP contribution in [0.25, 0.3) is 0 Å². The standard InChI is InChI=1S/C13H11BrCl2N2/c1-7-5-8(14)12(6-10(7)16)18-11-4-2-3-9(15)13(11)17/h2-6,18H,17H2,1H3. The van der Waals surface area contributed by atoms with Crippen molar-refractivity contribution >= 4 is 56.2 Å². The Morgan fingerprint density at radius 1 is 1.11 bits per heavy atom. The van der Waals surface area contributed by atoms with Gasteiger partial charge in [0.25, 0.3) is 0 Å². The molecule has 0 aliphatic carbocycles. The van der Waals surface area contributed by atoms with Gasteiger partial charge in [0.2, 0.25) is 0 Å². The van der Waals surface area contributed by atoms with Crippen LogP contribution in [-0.4, -0.2) is 0 Å². The number of rotatable bonds is 2. The smallest absolute Gasteiger partial charge is 0.0742 e. The van der Waals surface area contributed by atoms with E-state index in [4.69, 9.17) is 28.9 Å². The van der Waals surface area contributed by atoms with E-state index in [1.54, 1.807) is 6.07 Å². The van der Waals surface area contributed by atoms with E-state index in [-0.39, 0.29) is 0 Å². The number of nitrogen functional groups attached to an aromatic ring is 1. The highest BCUT2D eigenvalue weighted by Crippen LogP contribution is 2.34. The van der Waals surface area contributed by atoms with Gasteiger partial charge in [0, 0.05) is 9.50 Å². The molecule has 0 atom stereocenters. The Balaban J connectivity index is 2.40. The second-order valence-corrected chi connectivity index (χ2v) is 5.58. The Bertz CT molecular complexity index is 600. The van der Waals surface area contributed by atoms with E-state index in [0.29, 0.717) is 15.7 Å². The average Bonchev–Trinajstić information content (AvgIpc) is 2.32. The molecular formula is C13H11BrCl2N2. The topological polar surface area (TPSA) is 38.0 Å². The molecule has 94 valence electrons.